The van der Waals surface area contributed by atoms with Gasteiger partial charge in [-0.15, -0.1) is 0 Å². The molecule has 33 rings (SSSR count). The predicted octanol–water partition coefficient (Wildman–Crippen LogP) is 17.9. The van der Waals surface area contributed by atoms with Crippen molar-refractivity contribution >= 4 is 291 Å². The summed E-state index contributed by atoms with van der Waals surface area (Å²) >= 11 is 0. The van der Waals surface area contributed by atoms with Gasteiger partial charge >= 0.3 is 0 Å². The SMILES string of the molecule is CN1C2c3c4c5c6c7c8c9c%10c%11c(c%12c3c3c%13c4c4c5c5c7c7c%14c8c8c%10c%10c%11c%11c%12c%12c3c3c%13c%13c4c4c5c7c5c7c%14c8c8c%10c%10c%11c%12c%11c3c3c%13c4c5c4c7c8c%10c%11c34)C2C69C1c1ccncc1. The van der Waals surface area contributed by atoms with E-state index in [0.717, 1.165) is 0 Å². The molecule has 0 bridgehead atoms. The molecule has 29 aromatic rings. The first-order valence-corrected chi connectivity index (χ1v) is 26.3. The molecule has 3 aliphatic carbocycles. The third kappa shape index (κ3) is 1.36. The minimum absolute atomic E-state index is 0.168. The van der Waals surface area contributed by atoms with Crippen LogP contribution in [0.2, 0.25) is 0 Å². The number of aromatic nitrogens is 1. The number of hydrogen-bond donors (Lipinski definition) is 0. The Bertz CT molecular complexity index is 7590. The molecule has 0 N–H and O–H groups in total. The van der Waals surface area contributed by atoms with E-state index in [9.17, 15) is 0 Å². The molecule has 4 unspecified atom stereocenters. The first-order valence-electron chi connectivity index (χ1n) is 26.3. The Balaban J connectivity index is 1.20. The van der Waals surface area contributed by atoms with Gasteiger partial charge in [-0.2, -0.15) is 0 Å². The van der Waals surface area contributed by atoms with Gasteiger partial charge in [0.25, 0.3) is 0 Å². The molecule has 292 valence electrons. The lowest BCUT2D eigenvalue weighted by atomic mass is 9.56. The van der Waals surface area contributed by atoms with E-state index in [0.29, 0.717) is 5.92 Å². The standard InChI is InChI=1S/C68H10N2/c1-70-66-62-54-44-34-24-16-10-7-8-11(16)22-25-21-14(8)17-12-9(7)13-18-15(10)23-26(24)38(44)46-43-30(23)28(18)36-33-20(13)19(12)32-35-27(17)29(21)42-45-37(25)39(31(22)34)53(54)59-55(45)57-49(42)47(35)51-40(32)41(33)52-48(36)50(43)58(56(46)62)64-61(52)60(51)63(57)68(64,65(59)66)67(70)6-2-4-69-5-3-6/h2-5,65-67H,1H3. The summed E-state index contributed by atoms with van der Waals surface area (Å²) in [7, 11) is 2.60. The summed E-state index contributed by atoms with van der Waals surface area (Å²) in [6, 6.07) is 5.30. The van der Waals surface area contributed by atoms with E-state index in [-0.39, 0.29) is 17.5 Å². The maximum absolute atomic E-state index is 4.77. The van der Waals surface area contributed by atoms with Crippen molar-refractivity contribution in [2.24, 2.45) is 0 Å². The first kappa shape index (κ1) is 25.8. The zero-order valence-corrected chi connectivity index (χ0v) is 35.9. The van der Waals surface area contributed by atoms with E-state index < -0.39 is 0 Å². The van der Waals surface area contributed by atoms with Crippen molar-refractivity contribution in [2.75, 3.05) is 7.05 Å². The molecular formula is C68H10N2. The van der Waals surface area contributed by atoms with Crippen LogP contribution in [0.3, 0.4) is 0 Å². The summed E-state index contributed by atoms with van der Waals surface area (Å²) in [5.41, 5.74) is 8.19. The van der Waals surface area contributed by atoms with Gasteiger partial charge in [-0.1, -0.05) is 0 Å². The molecule has 1 spiro atoms. The molecule has 0 radical (unpaired) electrons. The molecule has 0 amide bonds. The second-order valence-corrected chi connectivity index (χ2v) is 26.0. The molecule has 1 fully saturated rings. The van der Waals surface area contributed by atoms with E-state index >= 15 is 0 Å². The van der Waals surface area contributed by atoms with Gasteiger partial charge < -0.3 is 0 Å². The topological polar surface area (TPSA) is 16.1 Å². The number of pyridine rings is 1. The van der Waals surface area contributed by atoms with Gasteiger partial charge in [0.2, 0.25) is 0 Å². The van der Waals surface area contributed by atoms with Gasteiger partial charge in [-0.25, -0.2) is 0 Å². The Morgan fingerprint density at radius 2 is 0.500 bits per heavy atom. The zero-order valence-electron chi connectivity index (χ0n) is 35.9. The lowest BCUT2D eigenvalue weighted by Gasteiger charge is -2.44. The second kappa shape index (κ2) is 5.86. The van der Waals surface area contributed by atoms with Gasteiger partial charge in [0.05, 0.1) is 5.41 Å². The van der Waals surface area contributed by atoms with Crippen LogP contribution in [0.1, 0.15) is 45.8 Å². The number of hydrogen-bond acceptors (Lipinski definition) is 2. The molecule has 4 aliphatic rings. The Labute approximate surface area is 381 Å². The van der Waals surface area contributed by atoms with Crippen molar-refractivity contribution in [2.45, 2.75) is 23.4 Å². The number of likely N-dealkylation sites (tertiary alicyclic amines) is 1. The normalized spacial score (nSPS) is 23.9. The molecule has 28 aromatic carbocycles. The monoisotopic (exact) mass is 854 g/mol. The van der Waals surface area contributed by atoms with Crippen LogP contribution < -0.4 is 0 Å². The third-order valence-electron chi connectivity index (χ3n) is 25.9. The highest BCUT2D eigenvalue weighted by Gasteiger charge is 2.70. The van der Waals surface area contributed by atoms with E-state index in [2.05, 4.69) is 36.5 Å². The largest absolute Gasteiger partial charge is 0.290 e. The van der Waals surface area contributed by atoms with E-state index in [4.69, 9.17) is 4.98 Å². The molecule has 1 aliphatic heterocycles. The van der Waals surface area contributed by atoms with E-state index in [1.165, 1.54) is 5.56 Å². The minimum atomic E-state index is -0.272. The molecule has 70 heavy (non-hydrogen) atoms. The zero-order chi connectivity index (χ0) is 41.4. The lowest BCUT2D eigenvalue weighted by molar-refractivity contribution is 0.227. The summed E-state index contributed by atoms with van der Waals surface area (Å²) in [5, 5.41) is 90.2. The first-order chi connectivity index (χ1) is 34.9. The maximum atomic E-state index is 4.77. The number of rotatable bonds is 1. The van der Waals surface area contributed by atoms with Crippen LogP contribution in [0.25, 0.3) is 291 Å². The Kier molecular flexibility index (Phi) is 2.16. The van der Waals surface area contributed by atoms with Crippen LogP contribution in [0, 0.1) is 0 Å². The summed E-state index contributed by atoms with van der Waals surface area (Å²) in [6.45, 7) is 0. The Hall–Kier alpha value is -8.43. The minimum Gasteiger partial charge on any atom is -0.290 e. The average Bonchev–Trinajstić information content (AvgIpc) is 4.42. The predicted molar refractivity (Wildman–Crippen MR) is 293 cm³/mol. The highest BCUT2D eigenvalue weighted by molar-refractivity contribution is 6.82. The average molecular weight is 855 g/mol. The highest BCUT2D eigenvalue weighted by atomic mass is 15.2. The smallest absolute Gasteiger partial charge is 0.0512 e. The maximum Gasteiger partial charge on any atom is 0.0512 e. The van der Waals surface area contributed by atoms with Crippen molar-refractivity contribution in [1.82, 2.24) is 9.88 Å². The van der Waals surface area contributed by atoms with Gasteiger partial charge in [0.1, 0.15) is 0 Å². The molecule has 2 nitrogen and oxygen atoms in total. The molecule has 0 saturated carbocycles. The fraction of sp³-hybridized carbons (Fsp3) is 0.0735. The summed E-state index contributed by atoms with van der Waals surface area (Å²) in [5.74, 6) is 0.308. The number of fused-ring (bicyclic) bond motifs is 4. The number of likely N-dealkylation sites (N-methyl/N-ethyl adjacent to an activating group) is 1. The Morgan fingerprint density at radius 3 is 0.800 bits per heavy atom. The summed E-state index contributed by atoms with van der Waals surface area (Å²) in [6.07, 6.45) is 4.25. The van der Waals surface area contributed by atoms with Gasteiger partial charge in [-0.05, 0) is 338 Å². The number of nitrogens with zero attached hydrogens (tertiary/aromatic N) is 2. The third-order valence-corrected chi connectivity index (χ3v) is 25.9. The Morgan fingerprint density at radius 1 is 0.286 bits per heavy atom. The molecule has 2 heteroatoms. The van der Waals surface area contributed by atoms with Gasteiger partial charge in [0.15, 0.2) is 0 Å². The van der Waals surface area contributed by atoms with E-state index in [1.807, 2.05) is 0 Å². The van der Waals surface area contributed by atoms with Gasteiger partial charge in [0, 0.05) is 30.4 Å². The van der Waals surface area contributed by atoms with Crippen LogP contribution in [-0.4, -0.2) is 16.9 Å². The van der Waals surface area contributed by atoms with Crippen molar-refractivity contribution in [3.63, 3.8) is 0 Å². The number of benzene rings is 18. The summed E-state index contributed by atoms with van der Waals surface area (Å²) in [4.78, 5) is 7.78. The molecule has 4 atom stereocenters. The van der Waals surface area contributed by atoms with Crippen LogP contribution in [0.5, 0.6) is 0 Å². The summed E-state index contributed by atoms with van der Waals surface area (Å²) < 4.78 is 0. The van der Waals surface area contributed by atoms with Crippen molar-refractivity contribution in [3.8, 4) is 0 Å². The highest BCUT2D eigenvalue weighted by Crippen LogP contribution is 2.86. The quantitative estimate of drug-likeness (QED) is 0.153. The fourth-order valence-corrected chi connectivity index (χ4v) is 25.9. The molecular weight excluding hydrogens is 845 g/mol. The molecule has 1 saturated heterocycles. The fourth-order valence-electron chi connectivity index (χ4n) is 25.9. The van der Waals surface area contributed by atoms with Crippen molar-refractivity contribution in [1.29, 1.82) is 0 Å². The van der Waals surface area contributed by atoms with Gasteiger partial charge in [-0.3, -0.25) is 9.88 Å². The van der Waals surface area contributed by atoms with Crippen LogP contribution in [-0.2, 0) is 5.41 Å². The molecule has 2 heterocycles. The second-order valence-electron chi connectivity index (χ2n) is 26.0. The molecule has 1 aromatic heterocycles. The lowest BCUT2D eigenvalue weighted by Crippen LogP contribution is -2.38. The van der Waals surface area contributed by atoms with Crippen LogP contribution in [0.4, 0.5) is 0 Å². The van der Waals surface area contributed by atoms with Crippen molar-refractivity contribution < 1.29 is 0 Å². The van der Waals surface area contributed by atoms with Crippen LogP contribution >= 0.6 is 0 Å². The van der Waals surface area contributed by atoms with E-state index in [1.54, 1.807) is 313 Å². The van der Waals surface area contributed by atoms with Crippen molar-refractivity contribution in [3.05, 3.63) is 52.3 Å². The van der Waals surface area contributed by atoms with Crippen LogP contribution in [0.15, 0.2) is 24.5 Å².